The van der Waals surface area contributed by atoms with Gasteiger partial charge in [0.2, 0.25) is 0 Å². The van der Waals surface area contributed by atoms with Crippen molar-refractivity contribution in [2.75, 3.05) is 6.26 Å². The zero-order valence-electron chi connectivity index (χ0n) is 11.9. The smallest absolute Gasteiger partial charge is 0.256 e. The first-order chi connectivity index (χ1) is 10.2. The lowest BCUT2D eigenvalue weighted by Crippen LogP contribution is -2.27. The number of aromatic nitrogens is 3. The van der Waals surface area contributed by atoms with Gasteiger partial charge in [-0.1, -0.05) is 24.6 Å². The molecule has 0 atom stereocenters. The number of nitriles is 1. The van der Waals surface area contributed by atoms with Crippen LogP contribution in [0.4, 0.5) is 0 Å². The first-order valence-electron chi connectivity index (χ1n) is 7.06. The van der Waals surface area contributed by atoms with Crippen molar-refractivity contribution in [3.05, 3.63) is 28.2 Å². The molecular formula is C15H16N4OS. The third-order valence-corrected chi connectivity index (χ3v) is 4.53. The first-order valence-corrected chi connectivity index (χ1v) is 8.29. The highest BCUT2D eigenvalue weighted by Crippen LogP contribution is 2.30. The van der Waals surface area contributed by atoms with Gasteiger partial charge in [0.15, 0.2) is 5.16 Å². The molecule has 1 fully saturated rings. The van der Waals surface area contributed by atoms with Crippen LogP contribution in [0.5, 0.6) is 0 Å². The van der Waals surface area contributed by atoms with Crippen LogP contribution in [-0.4, -0.2) is 20.8 Å². The van der Waals surface area contributed by atoms with Crippen LogP contribution in [0.3, 0.4) is 0 Å². The molecule has 21 heavy (non-hydrogen) atoms. The normalized spacial score (nSPS) is 15.4. The Morgan fingerprint density at radius 1 is 1.48 bits per heavy atom. The van der Waals surface area contributed by atoms with Crippen LogP contribution in [0.1, 0.15) is 37.3 Å². The van der Waals surface area contributed by atoms with Gasteiger partial charge in [-0.2, -0.15) is 5.26 Å². The van der Waals surface area contributed by atoms with E-state index >= 15 is 0 Å². The van der Waals surface area contributed by atoms with Gasteiger partial charge in [0.05, 0.1) is 12.5 Å². The molecule has 3 rings (SSSR count). The monoisotopic (exact) mass is 300 g/mol. The van der Waals surface area contributed by atoms with Crippen LogP contribution in [0, 0.1) is 11.3 Å². The highest BCUT2D eigenvalue weighted by molar-refractivity contribution is 7.98. The summed E-state index contributed by atoms with van der Waals surface area (Å²) in [5.74, 6) is 0. The Morgan fingerprint density at radius 3 is 2.90 bits per heavy atom. The molecule has 0 aliphatic heterocycles. The van der Waals surface area contributed by atoms with E-state index in [4.69, 9.17) is 5.26 Å². The molecule has 0 unspecified atom stereocenters. The highest BCUT2D eigenvalue weighted by atomic mass is 32.2. The number of thioether (sulfide) groups is 1. The molecule has 0 N–H and O–H groups in total. The van der Waals surface area contributed by atoms with E-state index in [1.54, 1.807) is 16.8 Å². The van der Waals surface area contributed by atoms with Gasteiger partial charge in [0.1, 0.15) is 5.65 Å². The Balaban J connectivity index is 2.29. The number of fused-ring (bicyclic) bond motifs is 1. The van der Waals surface area contributed by atoms with Crippen LogP contribution in [0.2, 0.25) is 0 Å². The average Bonchev–Trinajstić information content (AvgIpc) is 3.02. The van der Waals surface area contributed by atoms with Gasteiger partial charge in [-0.3, -0.25) is 9.36 Å². The lowest BCUT2D eigenvalue weighted by atomic mass is 10.1. The Bertz CT molecular complexity index is 772. The Hall–Kier alpha value is -1.87. The van der Waals surface area contributed by atoms with Crippen LogP contribution in [-0.2, 0) is 6.42 Å². The summed E-state index contributed by atoms with van der Waals surface area (Å²) in [6.07, 6.45) is 8.09. The molecule has 0 bridgehead atoms. The van der Waals surface area contributed by atoms with Gasteiger partial charge < -0.3 is 0 Å². The SMILES string of the molecule is CSc1ncc2cc(CC#N)c(=O)n(C3CCCC3)c2n1. The van der Waals surface area contributed by atoms with E-state index < -0.39 is 0 Å². The highest BCUT2D eigenvalue weighted by Gasteiger charge is 2.22. The lowest BCUT2D eigenvalue weighted by Gasteiger charge is -2.17. The van der Waals surface area contributed by atoms with Crippen molar-refractivity contribution in [1.82, 2.24) is 14.5 Å². The molecule has 1 aliphatic rings. The maximum absolute atomic E-state index is 12.7. The maximum atomic E-state index is 12.7. The minimum absolute atomic E-state index is 0.0679. The molecule has 0 radical (unpaired) electrons. The summed E-state index contributed by atoms with van der Waals surface area (Å²) in [4.78, 5) is 21.5. The van der Waals surface area contributed by atoms with Gasteiger partial charge in [0.25, 0.3) is 5.56 Å². The largest absolute Gasteiger partial charge is 0.289 e. The van der Waals surface area contributed by atoms with Gasteiger partial charge in [0, 0.05) is 23.2 Å². The van der Waals surface area contributed by atoms with Crippen molar-refractivity contribution >= 4 is 22.8 Å². The van der Waals surface area contributed by atoms with Crippen molar-refractivity contribution in [3.63, 3.8) is 0 Å². The summed E-state index contributed by atoms with van der Waals surface area (Å²) >= 11 is 1.47. The molecule has 0 saturated heterocycles. The van der Waals surface area contributed by atoms with E-state index in [0.29, 0.717) is 16.4 Å². The predicted molar refractivity (Wildman–Crippen MR) is 82.4 cm³/mol. The van der Waals surface area contributed by atoms with E-state index in [-0.39, 0.29) is 18.0 Å². The molecule has 0 amide bonds. The summed E-state index contributed by atoms with van der Waals surface area (Å²) in [6.45, 7) is 0. The fraction of sp³-hybridized carbons (Fsp3) is 0.467. The van der Waals surface area contributed by atoms with E-state index in [1.165, 1.54) is 11.8 Å². The van der Waals surface area contributed by atoms with Gasteiger partial charge in [-0.25, -0.2) is 9.97 Å². The third-order valence-electron chi connectivity index (χ3n) is 3.97. The zero-order valence-corrected chi connectivity index (χ0v) is 12.7. The molecule has 5 nitrogen and oxygen atoms in total. The summed E-state index contributed by atoms with van der Waals surface area (Å²) in [7, 11) is 0. The summed E-state index contributed by atoms with van der Waals surface area (Å²) in [5.41, 5.74) is 1.17. The maximum Gasteiger partial charge on any atom is 0.256 e. The number of hydrogen-bond donors (Lipinski definition) is 0. The molecule has 6 heteroatoms. The topological polar surface area (TPSA) is 71.6 Å². The summed E-state index contributed by atoms with van der Waals surface area (Å²) in [6, 6.07) is 4.03. The molecule has 2 heterocycles. The molecule has 0 spiro atoms. The second-order valence-electron chi connectivity index (χ2n) is 5.25. The van der Waals surface area contributed by atoms with E-state index in [1.807, 2.05) is 6.26 Å². The minimum Gasteiger partial charge on any atom is -0.289 e. The second kappa shape index (κ2) is 5.86. The number of pyridine rings is 1. The molecule has 108 valence electrons. The first kappa shape index (κ1) is 14.1. The zero-order chi connectivity index (χ0) is 14.8. The third kappa shape index (κ3) is 2.54. The van der Waals surface area contributed by atoms with Crippen molar-refractivity contribution in [2.24, 2.45) is 0 Å². The summed E-state index contributed by atoms with van der Waals surface area (Å²) in [5, 5.41) is 10.4. The van der Waals surface area contributed by atoms with Gasteiger partial charge in [-0.15, -0.1) is 0 Å². The molecule has 2 aromatic rings. The summed E-state index contributed by atoms with van der Waals surface area (Å²) < 4.78 is 1.80. The van der Waals surface area contributed by atoms with E-state index in [0.717, 1.165) is 31.1 Å². The fourth-order valence-electron chi connectivity index (χ4n) is 2.97. The van der Waals surface area contributed by atoms with Crippen LogP contribution < -0.4 is 5.56 Å². The Labute approximate surface area is 127 Å². The van der Waals surface area contributed by atoms with Gasteiger partial charge >= 0.3 is 0 Å². The van der Waals surface area contributed by atoms with Gasteiger partial charge in [-0.05, 0) is 25.2 Å². The van der Waals surface area contributed by atoms with Crippen molar-refractivity contribution < 1.29 is 0 Å². The fourth-order valence-corrected chi connectivity index (χ4v) is 3.31. The van der Waals surface area contributed by atoms with E-state index in [9.17, 15) is 4.79 Å². The van der Waals surface area contributed by atoms with Crippen LogP contribution in [0.25, 0.3) is 11.0 Å². The second-order valence-corrected chi connectivity index (χ2v) is 6.03. The van der Waals surface area contributed by atoms with E-state index in [2.05, 4.69) is 16.0 Å². The average molecular weight is 300 g/mol. The quantitative estimate of drug-likeness (QED) is 0.644. The molecule has 2 aromatic heterocycles. The lowest BCUT2D eigenvalue weighted by molar-refractivity contribution is 0.512. The predicted octanol–water partition coefficient (Wildman–Crippen LogP) is 2.69. The molecular weight excluding hydrogens is 284 g/mol. The number of hydrogen-bond acceptors (Lipinski definition) is 5. The van der Waals surface area contributed by atoms with Crippen molar-refractivity contribution in [1.29, 1.82) is 5.26 Å². The standard InChI is InChI=1S/C15H16N4OS/c1-21-15-17-9-11-8-10(6-7-16)14(20)19(13(11)18-15)12-4-2-3-5-12/h8-9,12H,2-6H2,1H3. The van der Waals surface area contributed by atoms with Crippen molar-refractivity contribution in [3.8, 4) is 6.07 Å². The minimum atomic E-state index is -0.0679. The Kier molecular flexibility index (Phi) is 3.93. The molecule has 1 aliphatic carbocycles. The molecule has 1 saturated carbocycles. The van der Waals surface area contributed by atoms with Crippen LogP contribution >= 0.6 is 11.8 Å². The Morgan fingerprint density at radius 2 is 2.24 bits per heavy atom. The number of rotatable bonds is 3. The van der Waals surface area contributed by atoms with Crippen LogP contribution in [0.15, 0.2) is 22.2 Å². The number of nitrogens with zero attached hydrogens (tertiary/aromatic N) is 4. The van der Waals surface area contributed by atoms with Crippen molar-refractivity contribution in [2.45, 2.75) is 43.3 Å². The molecule has 0 aromatic carbocycles.